The summed E-state index contributed by atoms with van der Waals surface area (Å²) in [7, 11) is 0. The average molecular weight is 591 g/mol. The molecule has 1 saturated heterocycles. The van der Waals surface area contributed by atoms with Gasteiger partial charge < -0.3 is 4.74 Å². The second-order valence-electron chi connectivity index (χ2n) is 7.45. The normalized spacial score (nSPS) is 14.9. The minimum Gasteiger partial charge on any atom is -0.486 e. The molecule has 3 aromatic rings. The van der Waals surface area contributed by atoms with Crippen molar-refractivity contribution >= 4 is 60.8 Å². The van der Waals surface area contributed by atoms with Crippen LogP contribution in [-0.2, 0) is 17.9 Å². The van der Waals surface area contributed by atoms with E-state index in [1.54, 1.807) is 36.4 Å². The van der Waals surface area contributed by atoms with E-state index < -0.39 is 0 Å². The molecule has 1 fully saturated rings. The van der Waals surface area contributed by atoms with Gasteiger partial charge in [0.1, 0.15) is 18.2 Å². The number of halogens is 3. The molecule has 0 unspecified atom stereocenters. The Hall–Kier alpha value is -2.42. The Morgan fingerprint density at radius 3 is 2.45 bits per heavy atom. The number of aryl methyl sites for hydroxylation is 1. The number of hydrogen-bond donors (Lipinski definition) is 0. The summed E-state index contributed by atoms with van der Waals surface area (Å²) in [5, 5.41) is -0.296. The van der Waals surface area contributed by atoms with Crippen molar-refractivity contribution in [3.63, 3.8) is 0 Å². The average Bonchev–Trinajstić information content (AvgIpc) is 3.02. The van der Waals surface area contributed by atoms with Gasteiger partial charge in [-0.15, -0.1) is 0 Å². The van der Waals surface area contributed by atoms with E-state index in [-0.39, 0.29) is 30.1 Å². The van der Waals surface area contributed by atoms with Crippen LogP contribution in [0.15, 0.2) is 74.5 Å². The van der Waals surface area contributed by atoms with Crippen molar-refractivity contribution in [2.24, 2.45) is 0 Å². The molecule has 1 aliphatic rings. The maximum atomic E-state index is 13.9. The highest BCUT2D eigenvalue weighted by Crippen LogP contribution is 2.38. The molecule has 4 rings (SSSR count). The standard InChI is InChI=1S/C25H18Br2FNO3S/c1-15-5-4-6-16(9-15)13-29-24(30)22(33-25(29)31)12-17-10-19(26)23(20(27)11-17)32-14-18-7-2-3-8-21(18)28/h2-12H,13-14H2,1H3/b22-12-. The molecule has 0 aliphatic carbocycles. The van der Waals surface area contributed by atoms with Crippen LogP contribution in [0.5, 0.6) is 5.75 Å². The number of ether oxygens (including phenoxy) is 1. The first kappa shape index (κ1) is 23.7. The Labute approximate surface area is 212 Å². The minimum atomic E-state index is -0.331. The Morgan fingerprint density at radius 2 is 1.76 bits per heavy atom. The van der Waals surface area contributed by atoms with E-state index in [1.165, 1.54) is 11.0 Å². The lowest BCUT2D eigenvalue weighted by molar-refractivity contribution is -0.123. The number of imide groups is 1. The lowest BCUT2D eigenvalue weighted by atomic mass is 10.1. The molecule has 33 heavy (non-hydrogen) atoms. The van der Waals surface area contributed by atoms with E-state index in [1.807, 2.05) is 31.2 Å². The van der Waals surface area contributed by atoms with Gasteiger partial charge in [-0.2, -0.15) is 0 Å². The zero-order chi connectivity index (χ0) is 23.5. The summed E-state index contributed by atoms with van der Waals surface area (Å²) in [6.07, 6.45) is 1.68. The highest BCUT2D eigenvalue weighted by atomic mass is 79.9. The van der Waals surface area contributed by atoms with Crippen LogP contribution in [0.1, 0.15) is 22.3 Å². The molecular weight excluding hydrogens is 573 g/mol. The minimum absolute atomic E-state index is 0.0705. The predicted molar refractivity (Wildman–Crippen MR) is 135 cm³/mol. The van der Waals surface area contributed by atoms with Gasteiger partial charge in [0.05, 0.1) is 20.4 Å². The van der Waals surface area contributed by atoms with Crippen molar-refractivity contribution in [1.29, 1.82) is 0 Å². The molecule has 1 heterocycles. The summed E-state index contributed by atoms with van der Waals surface area (Å²) in [5.74, 6) is -0.135. The van der Waals surface area contributed by atoms with Gasteiger partial charge in [0, 0.05) is 5.56 Å². The Balaban J connectivity index is 1.51. The third-order valence-electron chi connectivity index (χ3n) is 4.94. The summed E-state index contributed by atoms with van der Waals surface area (Å²) in [5.41, 5.74) is 3.14. The van der Waals surface area contributed by atoms with Crippen LogP contribution < -0.4 is 4.74 Å². The van der Waals surface area contributed by atoms with E-state index in [9.17, 15) is 14.0 Å². The number of benzene rings is 3. The van der Waals surface area contributed by atoms with E-state index in [2.05, 4.69) is 31.9 Å². The first-order chi connectivity index (χ1) is 15.8. The fourth-order valence-corrected chi connectivity index (χ4v) is 5.64. The number of carbonyl (C=O) groups is 2. The molecule has 0 aromatic heterocycles. The number of hydrogen-bond acceptors (Lipinski definition) is 4. The van der Waals surface area contributed by atoms with Crippen molar-refractivity contribution in [2.75, 3.05) is 0 Å². The van der Waals surface area contributed by atoms with Crippen molar-refractivity contribution in [3.05, 3.63) is 103 Å². The fraction of sp³-hybridized carbons (Fsp3) is 0.120. The van der Waals surface area contributed by atoms with Gasteiger partial charge in [-0.25, -0.2) is 4.39 Å². The first-order valence-corrected chi connectivity index (χ1v) is 12.4. The highest BCUT2D eigenvalue weighted by Gasteiger charge is 2.35. The molecule has 3 aromatic carbocycles. The topological polar surface area (TPSA) is 46.6 Å². The van der Waals surface area contributed by atoms with Crippen LogP contribution in [0.3, 0.4) is 0 Å². The lowest BCUT2D eigenvalue weighted by Crippen LogP contribution is -2.27. The van der Waals surface area contributed by atoms with Crippen molar-refractivity contribution in [3.8, 4) is 5.75 Å². The monoisotopic (exact) mass is 589 g/mol. The molecule has 0 radical (unpaired) electrons. The summed E-state index contributed by atoms with van der Waals surface area (Å²) in [6.45, 7) is 2.28. The molecule has 4 nitrogen and oxygen atoms in total. The highest BCUT2D eigenvalue weighted by molar-refractivity contribution is 9.11. The number of amides is 2. The molecule has 168 valence electrons. The Morgan fingerprint density at radius 1 is 1.03 bits per heavy atom. The van der Waals surface area contributed by atoms with Crippen molar-refractivity contribution < 1.29 is 18.7 Å². The largest absolute Gasteiger partial charge is 0.486 e. The van der Waals surface area contributed by atoms with Crippen molar-refractivity contribution in [2.45, 2.75) is 20.1 Å². The van der Waals surface area contributed by atoms with E-state index in [0.717, 1.165) is 22.9 Å². The molecule has 0 N–H and O–H groups in total. The van der Waals surface area contributed by atoms with Gasteiger partial charge in [-0.3, -0.25) is 14.5 Å². The molecule has 0 saturated carbocycles. The van der Waals surface area contributed by atoms with Gasteiger partial charge in [0.15, 0.2) is 0 Å². The molecule has 2 amide bonds. The summed E-state index contributed by atoms with van der Waals surface area (Å²) in [4.78, 5) is 26.9. The van der Waals surface area contributed by atoms with Gasteiger partial charge in [-0.05, 0) is 85.9 Å². The zero-order valence-electron chi connectivity index (χ0n) is 17.5. The smallest absolute Gasteiger partial charge is 0.293 e. The predicted octanol–water partition coefficient (Wildman–Crippen LogP) is 7.47. The SMILES string of the molecule is Cc1cccc(CN2C(=O)S/C(=C\c3cc(Br)c(OCc4ccccc4F)c(Br)c3)C2=O)c1. The maximum absolute atomic E-state index is 13.9. The summed E-state index contributed by atoms with van der Waals surface area (Å²) >= 11 is 7.88. The summed E-state index contributed by atoms with van der Waals surface area (Å²) < 4.78 is 20.9. The van der Waals surface area contributed by atoms with Crippen LogP contribution in [0.25, 0.3) is 6.08 Å². The van der Waals surface area contributed by atoms with Crippen LogP contribution in [-0.4, -0.2) is 16.0 Å². The first-order valence-electron chi connectivity index (χ1n) is 9.98. The Kier molecular flexibility index (Phi) is 7.36. The second kappa shape index (κ2) is 10.2. The van der Waals surface area contributed by atoms with Gasteiger partial charge in [0.25, 0.3) is 11.1 Å². The molecule has 1 aliphatic heterocycles. The van der Waals surface area contributed by atoms with Gasteiger partial charge in [0.2, 0.25) is 0 Å². The van der Waals surface area contributed by atoms with E-state index >= 15 is 0 Å². The van der Waals surface area contributed by atoms with Crippen LogP contribution in [0.2, 0.25) is 0 Å². The second-order valence-corrected chi connectivity index (χ2v) is 10.2. The molecule has 0 atom stereocenters. The molecular formula is C25H18Br2FNO3S. The third-order valence-corrected chi connectivity index (χ3v) is 7.03. The number of rotatable bonds is 6. The third kappa shape index (κ3) is 5.57. The number of nitrogens with zero attached hydrogens (tertiary/aromatic N) is 1. The maximum Gasteiger partial charge on any atom is 0.293 e. The van der Waals surface area contributed by atoms with Crippen molar-refractivity contribution in [1.82, 2.24) is 4.90 Å². The zero-order valence-corrected chi connectivity index (χ0v) is 21.5. The summed E-state index contributed by atoms with van der Waals surface area (Å²) in [6, 6.07) is 17.7. The number of thioether (sulfide) groups is 1. The van der Waals surface area contributed by atoms with Gasteiger partial charge >= 0.3 is 0 Å². The van der Waals surface area contributed by atoms with Crippen LogP contribution in [0, 0.1) is 12.7 Å². The molecule has 8 heteroatoms. The van der Waals surface area contributed by atoms with Crippen LogP contribution in [0.4, 0.5) is 9.18 Å². The van der Waals surface area contributed by atoms with E-state index in [0.29, 0.717) is 30.7 Å². The number of carbonyl (C=O) groups excluding carboxylic acids is 2. The van der Waals surface area contributed by atoms with Crippen LogP contribution >= 0.6 is 43.6 Å². The van der Waals surface area contributed by atoms with E-state index in [4.69, 9.17) is 4.74 Å². The Bertz CT molecular complexity index is 1260. The fourth-order valence-electron chi connectivity index (χ4n) is 3.35. The molecule has 0 spiro atoms. The quantitative estimate of drug-likeness (QED) is 0.279. The molecule has 0 bridgehead atoms. The van der Waals surface area contributed by atoms with Gasteiger partial charge in [-0.1, -0.05) is 48.0 Å². The lowest BCUT2D eigenvalue weighted by Gasteiger charge is -2.13.